The molecule has 0 unspecified atom stereocenters. The average molecular weight is 360 g/mol. The second kappa shape index (κ2) is 9.20. The molecule has 3 aromatic rings. The van der Waals surface area contributed by atoms with Gasteiger partial charge in [0.2, 0.25) is 5.91 Å². The molecular weight excluding hydrogens is 340 g/mol. The highest BCUT2D eigenvalue weighted by atomic mass is 16.5. The zero-order valence-corrected chi connectivity index (χ0v) is 14.7. The van der Waals surface area contributed by atoms with Crippen molar-refractivity contribution in [1.82, 2.24) is 5.32 Å². The van der Waals surface area contributed by atoms with Crippen LogP contribution >= 0.6 is 0 Å². The molecule has 3 aromatic carbocycles. The Kier molecular flexibility index (Phi) is 6.20. The fraction of sp³-hybridized carbons (Fsp3) is 0.0909. The van der Waals surface area contributed by atoms with Crippen LogP contribution in [0.25, 0.3) is 0 Å². The van der Waals surface area contributed by atoms with Gasteiger partial charge < -0.3 is 15.4 Å². The second-order valence-electron chi connectivity index (χ2n) is 5.90. The van der Waals surface area contributed by atoms with Crippen molar-refractivity contribution in [3.63, 3.8) is 0 Å². The minimum atomic E-state index is -0.330. The summed E-state index contributed by atoms with van der Waals surface area (Å²) in [6, 6.07) is 25.8. The first kappa shape index (κ1) is 18.2. The second-order valence-corrected chi connectivity index (χ2v) is 5.90. The van der Waals surface area contributed by atoms with E-state index in [2.05, 4.69) is 10.6 Å². The van der Waals surface area contributed by atoms with Crippen LogP contribution in [0, 0.1) is 0 Å². The first-order valence-electron chi connectivity index (χ1n) is 8.60. The van der Waals surface area contributed by atoms with Crippen LogP contribution in [-0.4, -0.2) is 18.4 Å². The summed E-state index contributed by atoms with van der Waals surface area (Å²) in [5, 5.41) is 5.33. The van der Waals surface area contributed by atoms with Gasteiger partial charge in [0.05, 0.1) is 6.54 Å². The van der Waals surface area contributed by atoms with Crippen LogP contribution < -0.4 is 15.4 Å². The summed E-state index contributed by atoms with van der Waals surface area (Å²) >= 11 is 0. The summed E-state index contributed by atoms with van der Waals surface area (Å²) in [6.45, 7) is 0.314. The number of nitrogens with one attached hydrogen (secondary N) is 2. The van der Waals surface area contributed by atoms with Gasteiger partial charge in [0.25, 0.3) is 5.91 Å². The molecule has 0 aliphatic heterocycles. The molecule has 0 aliphatic rings. The molecule has 2 N–H and O–H groups in total. The van der Waals surface area contributed by atoms with Crippen LogP contribution in [-0.2, 0) is 11.4 Å². The van der Waals surface area contributed by atoms with Gasteiger partial charge >= 0.3 is 0 Å². The molecule has 0 fully saturated rings. The maximum absolute atomic E-state index is 12.3. The van der Waals surface area contributed by atoms with Crippen LogP contribution in [0.5, 0.6) is 5.75 Å². The van der Waals surface area contributed by atoms with E-state index in [4.69, 9.17) is 4.74 Å². The summed E-state index contributed by atoms with van der Waals surface area (Å²) in [6.07, 6.45) is 0. The molecule has 0 atom stereocenters. The largest absolute Gasteiger partial charge is 0.489 e. The van der Waals surface area contributed by atoms with Crippen molar-refractivity contribution < 1.29 is 14.3 Å². The fourth-order valence-corrected chi connectivity index (χ4v) is 2.46. The van der Waals surface area contributed by atoms with Gasteiger partial charge in [0.1, 0.15) is 12.4 Å². The molecule has 0 bridgehead atoms. The number of anilines is 1. The molecule has 0 aromatic heterocycles. The third kappa shape index (κ3) is 5.71. The Bertz CT molecular complexity index is 896. The number of amides is 2. The summed E-state index contributed by atoms with van der Waals surface area (Å²) in [5.74, 6) is -0.0188. The van der Waals surface area contributed by atoms with Gasteiger partial charge in [-0.2, -0.15) is 0 Å². The number of carbonyl (C=O) groups is 2. The Morgan fingerprint density at radius 1 is 0.815 bits per heavy atom. The third-order valence-corrected chi connectivity index (χ3v) is 3.81. The zero-order chi connectivity index (χ0) is 18.9. The molecule has 0 radical (unpaired) electrons. The molecular formula is C22H20N2O3. The predicted molar refractivity (Wildman–Crippen MR) is 105 cm³/mol. The quantitative estimate of drug-likeness (QED) is 0.676. The normalized spacial score (nSPS) is 10.1. The number of benzene rings is 3. The Labute approximate surface area is 158 Å². The maximum Gasteiger partial charge on any atom is 0.251 e. The van der Waals surface area contributed by atoms with E-state index in [0.717, 1.165) is 5.56 Å². The van der Waals surface area contributed by atoms with Crippen molar-refractivity contribution in [2.45, 2.75) is 6.61 Å². The summed E-state index contributed by atoms with van der Waals surface area (Å²) in [5.41, 5.74) is 2.17. The molecule has 5 heteroatoms. The number of para-hydroxylation sites is 1. The van der Waals surface area contributed by atoms with E-state index in [1.165, 1.54) is 0 Å². The van der Waals surface area contributed by atoms with Gasteiger partial charge in [0.15, 0.2) is 0 Å². The van der Waals surface area contributed by atoms with Crippen molar-refractivity contribution in [2.24, 2.45) is 0 Å². The highest BCUT2D eigenvalue weighted by molar-refractivity contribution is 5.99. The van der Waals surface area contributed by atoms with Gasteiger partial charge in [-0.15, -0.1) is 0 Å². The topological polar surface area (TPSA) is 67.4 Å². The van der Waals surface area contributed by atoms with Crippen molar-refractivity contribution in [1.29, 1.82) is 0 Å². The minimum absolute atomic E-state index is 0.108. The van der Waals surface area contributed by atoms with E-state index in [-0.39, 0.29) is 18.4 Å². The minimum Gasteiger partial charge on any atom is -0.489 e. The van der Waals surface area contributed by atoms with Gasteiger partial charge in [-0.05, 0) is 35.9 Å². The maximum atomic E-state index is 12.3. The molecule has 27 heavy (non-hydrogen) atoms. The number of hydrogen-bond donors (Lipinski definition) is 2. The smallest absolute Gasteiger partial charge is 0.251 e. The van der Waals surface area contributed by atoms with Crippen molar-refractivity contribution in [3.8, 4) is 5.75 Å². The Balaban J connectivity index is 1.51. The predicted octanol–water partition coefficient (Wildman–Crippen LogP) is 3.63. The third-order valence-electron chi connectivity index (χ3n) is 3.81. The lowest BCUT2D eigenvalue weighted by atomic mass is 10.2. The lowest BCUT2D eigenvalue weighted by molar-refractivity contribution is -0.115. The van der Waals surface area contributed by atoms with Crippen molar-refractivity contribution >= 4 is 17.5 Å². The van der Waals surface area contributed by atoms with Gasteiger partial charge in [-0.3, -0.25) is 9.59 Å². The van der Waals surface area contributed by atoms with Crippen LogP contribution in [0.15, 0.2) is 84.9 Å². The molecule has 0 saturated carbocycles. The van der Waals surface area contributed by atoms with E-state index in [9.17, 15) is 9.59 Å². The summed E-state index contributed by atoms with van der Waals surface area (Å²) in [4.78, 5) is 24.2. The number of ether oxygens (including phenoxy) is 1. The van der Waals surface area contributed by atoms with E-state index in [0.29, 0.717) is 23.6 Å². The van der Waals surface area contributed by atoms with Crippen LogP contribution in [0.3, 0.4) is 0 Å². The number of rotatable bonds is 7. The van der Waals surface area contributed by atoms with Crippen molar-refractivity contribution in [2.75, 3.05) is 11.9 Å². The number of carbonyl (C=O) groups excluding carboxylic acids is 2. The first-order valence-corrected chi connectivity index (χ1v) is 8.60. The average Bonchev–Trinajstić information content (AvgIpc) is 2.72. The molecule has 136 valence electrons. The fourth-order valence-electron chi connectivity index (χ4n) is 2.46. The zero-order valence-electron chi connectivity index (χ0n) is 14.7. The van der Waals surface area contributed by atoms with Gasteiger partial charge in [-0.25, -0.2) is 0 Å². The summed E-state index contributed by atoms with van der Waals surface area (Å²) < 4.78 is 5.73. The van der Waals surface area contributed by atoms with Gasteiger partial charge in [-0.1, -0.05) is 54.6 Å². The van der Waals surface area contributed by atoms with E-state index in [1.54, 1.807) is 36.4 Å². The molecule has 3 rings (SSSR count). The van der Waals surface area contributed by atoms with Crippen LogP contribution in [0.1, 0.15) is 15.9 Å². The SMILES string of the molecule is O=C(CNC(=O)c1cccc(OCc2ccccc2)c1)Nc1ccccc1. The monoisotopic (exact) mass is 360 g/mol. The van der Waals surface area contributed by atoms with Gasteiger partial charge in [0, 0.05) is 11.3 Å². The Morgan fingerprint density at radius 2 is 1.52 bits per heavy atom. The number of hydrogen-bond acceptors (Lipinski definition) is 3. The lowest BCUT2D eigenvalue weighted by Gasteiger charge is -2.09. The summed E-state index contributed by atoms with van der Waals surface area (Å²) in [7, 11) is 0. The lowest BCUT2D eigenvalue weighted by Crippen LogP contribution is -2.32. The Hall–Kier alpha value is -3.60. The van der Waals surface area contributed by atoms with E-state index >= 15 is 0 Å². The highest BCUT2D eigenvalue weighted by Crippen LogP contribution is 2.15. The molecule has 0 aliphatic carbocycles. The molecule has 2 amide bonds. The Morgan fingerprint density at radius 3 is 2.26 bits per heavy atom. The van der Waals surface area contributed by atoms with Crippen LogP contribution in [0.4, 0.5) is 5.69 Å². The van der Waals surface area contributed by atoms with Crippen LogP contribution in [0.2, 0.25) is 0 Å². The molecule has 0 spiro atoms. The highest BCUT2D eigenvalue weighted by Gasteiger charge is 2.09. The molecule has 0 saturated heterocycles. The first-order chi connectivity index (χ1) is 13.2. The van der Waals surface area contributed by atoms with E-state index < -0.39 is 0 Å². The van der Waals surface area contributed by atoms with Crippen molar-refractivity contribution in [3.05, 3.63) is 96.1 Å². The van der Waals surface area contributed by atoms with E-state index in [1.807, 2.05) is 48.5 Å². The standard InChI is InChI=1S/C22H20N2O3/c25-21(24-19-11-5-2-6-12-19)15-23-22(26)18-10-7-13-20(14-18)27-16-17-8-3-1-4-9-17/h1-14H,15-16H2,(H,23,26)(H,24,25). The molecule has 5 nitrogen and oxygen atoms in total. The molecule has 0 heterocycles.